The third kappa shape index (κ3) is 4.51. The molecule has 3 nitrogen and oxygen atoms in total. The van der Waals surface area contributed by atoms with Gasteiger partial charge in [0.05, 0.1) is 0 Å². The third-order valence-electron chi connectivity index (χ3n) is 2.80. The Balaban J connectivity index is 2.64. The van der Waals surface area contributed by atoms with Crippen LogP contribution in [-0.2, 0) is 9.59 Å². The molecule has 0 heterocycles. The van der Waals surface area contributed by atoms with Crippen molar-refractivity contribution >= 4 is 11.8 Å². The number of rotatable bonds is 7. The summed E-state index contributed by atoms with van der Waals surface area (Å²) in [6.07, 6.45) is 1.36. The molecule has 0 unspecified atom stereocenters. The molecule has 0 saturated heterocycles. The fraction of sp³-hybridized carbons (Fsp3) is 0.429. The molecule has 0 atom stereocenters. The van der Waals surface area contributed by atoms with Crippen LogP contribution in [0.4, 0.5) is 22.0 Å². The van der Waals surface area contributed by atoms with Crippen LogP contribution in [-0.4, -0.2) is 11.8 Å². The lowest BCUT2D eigenvalue weighted by Gasteiger charge is -2.08. The molecule has 22 heavy (non-hydrogen) atoms. The number of unbranched alkanes of at least 4 members (excludes halogenated alkanes) is 2. The summed E-state index contributed by atoms with van der Waals surface area (Å²) in [6, 6.07) is 0. The molecule has 0 radical (unpaired) electrons. The highest BCUT2D eigenvalue weighted by Crippen LogP contribution is 2.29. The number of Topliss-reactive ketones (excluding diaryl/α,β-unsaturated/α-hetero) is 1. The average molecular weight is 324 g/mol. The van der Waals surface area contributed by atoms with Gasteiger partial charge in [-0.3, -0.25) is 4.79 Å². The maximum Gasteiger partial charge on any atom is 0.311 e. The molecule has 0 aromatic heterocycles. The molecular formula is C14H13F5O3. The van der Waals surface area contributed by atoms with E-state index in [0.717, 1.165) is 0 Å². The van der Waals surface area contributed by atoms with E-state index in [1.165, 1.54) is 6.92 Å². The first-order valence-corrected chi connectivity index (χ1v) is 6.47. The van der Waals surface area contributed by atoms with Crippen LogP contribution in [0.3, 0.4) is 0 Å². The number of ether oxygens (including phenoxy) is 1. The minimum atomic E-state index is -2.32. The molecule has 0 fully saturated rings. The van der Waals surface area contributed by atoms with Crippen molar-refractivity contribution in [1.82, 2.24) is 0 Å². The molecule has 1 rings (SSSR count). The molecular weight excluding hydrogens is 311 g/mol. The largest absolute Gasteiger partial charge is 0.420 e. The monoisotopic (exact) mass is 324 g/mol. The highest BCUT2D eigenvalue weighted by molar-refractivity contribution is 5.75. The van der Waals surface area contributed by atoms with E-state index in [9.17, 15) is 31.5 Å². The first-order valence-electron chi connectivity index (χ1n) is 6.47. The second-order valence-corrected chi connectivity index (χ2v) is 4.64. The van der Waals surface area contributed by atoms with Gasteiger partial charge in [0.15, 0.2) is 0 Å². The topological polar surface area (TPSA) is 43.4 Å². The van der Waals surface area contributed by atoms with E-state index in [4.69, 9.17) is 0 Å². The summed E-state index contributed by atoms with van der Waals surface area (Å²) in [4.78, 5) is 22.0. The fourth-order valence-electron chi connectivity index (χ4n) is 1.66. The Kier molecular flexibility index (Phi) is 6.45. The minimum Gasteiger partial charge on any atom is -0.420 e. The van der Waals surface area contributed by atoms with Crippen LogP contribution in [0.15, 0.2) is 0 Å². The van der Waals surface area contributed by atoms with E-state index >= 15 is 0 Å². The van der Waals surface area contributed by atoms with Gasteiger partial charge in [0.2, 0.25) is 34.8 Å². The van der Waals surface area contributed by atoms with E-state index in [2.05, 4.69) is 4.74 Å². The van der Waals surface area contributed by atoms with E-state index in [1.54, 1.807) is 0 Å². The second-order valence-electron chi connectivity index (χ2n) is 4.64. The second kappa shape index (κ2) is 7.86. The molecule has 0 N–H and O–H groups in total. The molecule has 0 bridgehead atoms. The van der Waals surface area contributed by atoms with Crippen LogP contribution in [0.25, 0.3) is 0 Å². The van der Waals surface area contributed by atoms with Crippen molar-refractivity contribution in [2.75, 3.05) is 0 Å². The maximum atomic E-state index is 13.3. The standard InChI is InChI=1S/C14H13F5O3/c1-7(20)5-3-2-4-6-8(21)22-14-12(18)10(16)9(15)11(17)13(14)19/h2-6H2,1H3. The van der Waals surface area contributed by atoms with Gasteiger partial charge >= 0.3 is 5.97 Å². The molecule has 8 heteroatoms. The summed E-state index contributed by atoms with van der Waals surface area (Å²) in [7, 11) is 0. The molecule has 0 aliphatic carbocycles. The van der Waals surface area contributed by atoms with E-state index in [1.807, 2.05) is 0 Å². The van der Waals surface area contributed by atoms with Crippen molar-refractivity contribution in [3.63, 3.8) is 0 Å². The molecule has 0 saturated carbocycles. The highest BCUT2D eigenvalue weighted by Gasteiger charge is 2.28. The van der Waals surface area contributed by atoms with Crippen LogP contribution in [0.2, 0.25) is 0 Å². The first-order chi connectivity index (χ1) is 10.3. The van der Waals surface area contributed by atoms with Crippen LogP contribution in [0.1, 0.15) is 39.0 Å². The van der Waals surface area contributed by atoms with Gasteiger partial charge in [-0.2, -0.15) is 8.78 Å². The molecule has 0 amide bonds. The number of ketones is 1. The van der Waals surface area contributed by atoms with Crippen LogP contribution >= 0.6 is 0 Å². The first kappa shape index (κ1) is 18.1. The summed E-state index contributed by atoms with van der Waals surface area (Å²) in [5.74, 6) is -13.8. The lowest BCUT2D eigenvalue weighted by Crippen LogP contribution is -2.13. The van der Waals surface area contributed by atoms with E-state index in [0.29, 0.717) is 19.3 Å². The molecule has 1 aromatic rings. The zero-order valence-corrected chi connectivity index (χ0v) is 11.7. The number of halogens is 5. The maximum absolute atomic E-state index is 13.3. The predicted molar refractivity (Wildman–Crippen MR) is 65.6 cm³/mol. The lowest BCUT2D eigenvalue weighted by atomic mass is 10.1. The van der Waals surface area contributed by atoms with Gasteiger partial charge in [0.1, 0.15) is 5.78 Å². The molecule has 0 aliphatic rings. The average Bonchev–Trinajstić information content (AvgIpc) is 2.47. The van der Waals surface area contributed by atoms with Crippen LogP contribution < -0.4 is 4.74 Å². The van der Waals surface area contributed by atoms with Crippen LogP contribution in [0, 0.1) is 29.1 Å². The number of carbonyl (C=O) groups excluding carboxylic acids is 2. The highest BCUT2D eigenvalue weighted by atomic mass is 19.2. The number of esters is 1. The van der Waals surface area contributed by atoms with Crippen molar-refractivity contribution in [1.29, 1.82) is 0 Å². The van der Waals surface area contributed by atoms with Gasteiger partial charge in [-0.1, -0.05) is 6.42 Å². The van der Waals surface area contributed by atoms with Gasteiger partial charge in [-0.15, -0.1) is 0 Å². The normalized spacial score (nSPS) is 10.6. The smallest absolute Gasteiger partial charge is 0.311 e. The van der Waals surface area contributed by atoms with Gasteiger partial charge in [-0.05, 0) is 19.8 Å². The minimum absolute atomic E-state index is 0.0102. The quantitative estimate of drug-likeness (QED) is 0.191. The molecule has 1 aromatic carbocycles. The summed E-state index contributed by atoms with van der Waals surface area (Å²) >= 11 is 0. The lowest BCUT2D eigenvalue weighted by molar-refractivity contribution is -0.135. The summed E-state index contributed by atoms with van der Waals surface area (Å²) in [5, 5.41) is 0. The number of hydrogen-bond acceptors (Lipinski definition) is 3. The van der Waals surface area contributed by atoms with Gasteiger partial charge in [0, 0.05) is 12.8 Å². The van der Waals surface area contributed by atoms with E-state index < -0.39 is 40.8 Å². The van der Waals surface area contributed by atoms with Gasteiger partial charge < -0.3 is 9.53 Å². The third-order valence-corrected chi connectivity index (χ3v) is 2.80. The Hall–Kier alpha value is -1.99. The summed E-state index contributed by atoms with van der Waals surface area (Å²) in [6.45, 7) is 1.41. The number of hydrogen-bond donors (Lipinski definition) is 0. The Morgan fingerprint density at radius 1 is 0.773 bits per heavy atom. The van der Waals surface area contributed by atoms with Crippen molar-refractivity contribution in [2.24, 2.45) is 0 Å². The molecule has 0 spiro atoms. The van der Waals surface area contributed by atoms with Crippen molar-refractivity contribution in [2.45, 2.75) is 39.0 Å². The van der Waals surface area contributed by atoms with E-state index in [-0.39, 0.29) is 18.6 Å². The number of benzene rings is 1. The predicted octanol–water partition coefficient (Wildman–Crippen LogP) is 3.83. The SMILES string of the molecule is CC(=O)CCCCCC(=O)Oc1c(F)c(F)c(F)c(F)c1F. The Morgan fingerprint density at radius 2 is 1.23 bits per heavy atom. The summed E-state index contributed by atoms with van der Waals surface area (Å²) in [5.41, 5.74) is 0. The molecule has 122 valence electrons. The number of carbonyl (C=O) groups is 2. The fourth-order valence-corrected chi connectivity index (χ4v) is 1.66. The zero-order valence-electron chi connectivity index (χ0n) is 11.7. The Bertz CT molecular complexity index is 557. The van der Waals surface area contributed by atoms with Gasteiger partial charge in [-0.25, -0.2) is 13.2 Å². The zero-order chi connectivity index (χ0) is 16.9. The Morgan fingerprint density at radius 3 is 1.73 bits per heavy atom. The van der Waals surface area contributed by atoms with Crippen molar-refractivity contribution in [3.05, 3.63) is 29.1 Å². The van der Waals surface area contributed by atoms with Crippen molar-refractivity contribution in [3.8, 4) is 5.75 Å². The summed E-state index contributed by atoms with van der Waals surface area (Å²) < 4.78 is 69.3. The Labute approximate surface area is 123 Å². The van der Waals surface area contributed by atoms with Gasteiger partial charge in [0.25, 0.3) is 0 Å². The van der Waals surface area contributed by atoms with Crippen molar-refractivity contribution < 1.29 is 36.3 Å². The van der Waals surface area contributed by atoms with Crippen LogP contribution in [0.5, 0.6) is 5.75 Å². The molecule has 0 aliphatic heterocycles.